The van der Waals surface area contributed by atoms with E-state index in [0.717, 1.165) is 24.2 Å². The maximum Gasteiger partial charge on any atom is 0.166 e. The van der Waals surface area contributed by atoms with Gasteiger partial charge in [-0.1, -0.05) is 19.9 Å². The quantitative estimate of drug-likeness (QED) is 0.659. The molecule has 2 heteroatoms. The van der Waals surface area contributed by atoms with Crippen LogP contribution in [0.5, 0.6) is 0 Å². The molecular formula is C13H18O2. The van der Waals surface area contributed by atoms with E-state index in [-0.39, 0.29) is 11.4 Å². The molecule has 1 aliphatic carbocycles. The average molecular weight is 206 g/mol. The molecule has 1 aliphatic heterocycles. The highest BCUT2D eigenvalue weighted by Crippen LogP contribution is 2.38. The van der Waals surface area contributed by atoms with Gasteiger partial charge in [-0.2, -0.15) is 0 Å². The van der Waals surface area contributed by atoms with E-state index in [0.29, 0.717) is 12.3 Å². The number of hydrogen-bond acceptors (Lipinski definition) is 2. The lowest BCUT2D eigenvalue weighted by atomic mass is 9.83. The Morgan fingerprint density at radius 2 is 2.13 bits per heavy atom. The van der Waals surface area contributed by atoms with Gasteiger partial charge in [0.2, 0.25) is 0 Å². The Morgan fingerprint density at radius 1 is 1.40 bits per heavy atom. The number of ether oxygens (including phenoxy) is 1. The van der Waals surface area contributed by atoms with Gasteiger partial charge in [0.15, 0.2) is 5.78 Å². The topological polar surface area (TPSA) is 26.3 Å². The van der Waals surface area contributed by atoms with Crippen molar-refractivity contribution in [3.05, 3.63) is 23.5 Å². The van der Waals surface area contributed by atoms with E-state index in [1.807, 2.05) is 6.08 Å². The zero-order valence-corrected chi connectivity index (χ0v) is 9.67. The second-order valence-corrected chi connectivity index (χ2v) is 4.92. The number of allylic oxidation sites excluding steroid dienone is 2. The predicted molar refractivity (Wildman–Crippen MR) is 59.4 cm³/mol. The third-order valence-corrected chi connectivity index (χ3v) is 3.54. The zero-order chi connectivity index (χ0) is 11.1. The average Bonchev–Trinajstić information content (AvgIpc) is 2.17. The third-order valence-electron chi connectivity index (χ3n) is 3.54. The van der Waals surface area contributed by atoms with Gasteiger partial charge in [0.25, 0.3) is 0 Å². The molecule has 1 atom stereocenters. The van der Waals surface area contributed by atoms with E-state index in [1.54, 1.807) is 0 Å². The summed E-state index contributed by atoms with van der Waals surface area (Å²) >= 11 is 0. The minimum atomic E-state index is -0.146. The Hall–Kier alpha value is -1.05. The first kappa shape index (κ1) is 10.5. The molecule has 15 heavy (non-hydrogen) atoms. The van der Waals surface area contributed by atoms with Gasteiger partial charge in [-0.25, -0.2) is 0 Å². The van der Waals surface area contributed by atoms with Gasteiger partial charge in [0, 0.05) is 12.8 Å². The van der Waals surface area contributed by atoms with E-state index >= 15 is 0 Å². The highest BCUT2D eigenvalue weighted by Gasteiger charge is 2.36. The SMILES string of the molecule is CC(C)C1(C)CC=C2C(=O)CCC=C2O1. The first-order valence-corrected chi connectivity index (χ1v) is 5.66. The molecule has 0 N–H and O–H groups in total. The van der Waals surface area contributed by atoms with Gasteiger partial charge < -0.3 is 4.74 Å². The Bertz CT molecular complexity index is 350. The fourth-order valence-corrected chi connectivity index (χ4v) is 1.98. The molecule has 82 valence electrons. The molecule has 0 spiro atoms. The Labute approximate surface area is 91.0 Å². The van der Waals surface area contributed by atoms with Crippen LogP contribution in [0.15, 0.2) is 23.5 Å². The zero-order valence-electron chi connectivity index (χ0n) is 9.67. The van der Waals surface area contributed by atoms with Crippen molar-refractivity contribution >= 4 is 5.78 Å². The van der Waals surface area contributed by atoms with Gasteiger partial charge in [-0.05, 0) is 25.3 Å². The number of carbonyl (C=O) groups is 1. The van der Waals surface area contributed by atoms with Gasteiger partial charge >= 0.3 is 0 Å². The molecule has 1 heterocycles. The second-order valence-electron chi connectivity index (χ2n) is 4.92. The monoisotopic (exact) mass is 206 g/mol. The lowest BCUT2D eigenvalue weighted by Gasteiger charge is -2.39. The summed E-state index contributed by atoms with van der Waals surface area (Å²) in [6, 6.07) is 0. The normalized spacial score (nSPS) is 30.5. The van der Waals surface area contributed by atoms with Crippen LogP contribution >= 0.6 is 0 Å². The molecule has 2 aliphatic rings. The molecule has 0 fully saturated rings. The molecule has 1 unspecified atom stereocenters. The lowest BCUT2D eigenvalue weighted by molar-refractivity contribution is -0.117. The number of fused-ring (bicyclic) bond motifs is 1. The van der Waals surface area contributed by atoms with Gasteiger partial charge in [0.1, 0.15) is 11.4 Å². The number of hydrogen-bond donors (Lipinski definition) is 0. The predicted octanol–water partition coefficient (Wildman–Crippen LogP) is 2.99. The third kappa shape index (κ3) is 1.73. The van der Waals surface area contributed by atoms with E-state index in [4.69, 9.17) is 4.74 Å². The minimum Gasteiger partial charge on any atom is -0.487 e. The smallest absolute Gasteiger partial charge is 0.166 e. The van der Waals surface area contributed by atoms with E-state index in [1.165, 1.54) is 0 Å². The molecule has 0 saturated carbocycles. The van der Waals surface area contributed by atoms with Crippen LogP contribution in [-0.4, -0.2) is 11.4 Å². The van der Waals surface area contributed by atoms with Crippen LogP contribution in [0.2, 0.25) is 0 Å². The Morgan fingerprint density at radius 3 is 2.80 bits per heavy atom. The number of rotatable bonds is 1. The van der Waals surface area contributed by atoms with Crippen molar-refractivity contribution in [2.45, 2.75) is 45.6 Å². The largest absolute Gasteiger partial charge is 0.487 e. The summed E-state index contributed by atoms with van der Waals surface area (Å²) < 4.78 is 5.98. The molecule has 0 saturated heterocycles. The molecule has 2 rings (SSSR count). The van der Waals surface area contributed by atoms with Crippen molar-refractivity contribution in [3.63, 3.8) is 0 Å². The fraction of sp³-hybridized carbons (Fsp3) is 0.615. The standard InChI is InChI=1S/C13H18O2/c1-9(2)13(3)8-7-10-11(14)5-4-6-12(10)15-13/h6-7,9H,4-5,8H2,1-3H3. The molecule has 0 aromatic heterocycles. The first-order chi connectivity index (χ1) is 7.03. The van der Waals surface area contributed by atoms with E-state index in [9.17, 15) is 4.79 Å². The minimum absolute atomic E-state index is 0.146. The highest BCUT2D eigenvalue weighted by molar-refractivity contribution is 6.00. The lowest BCUT2D eigenvalue weighted by Crippen LogP contribution is -2.38. The maximum atomic E-state index is 11.6. The van der Waals surface area contributed by atoms with Crippen molar-refractivity contribution in [2.24, 2.45) is 5.92 Å². The molecule has 2 nitrogen and oxygen atoms in total. The Balaban J connectivity index is 2.31. The van der Waals surface area contributed by atoms with Crippen molar-refractivity contribution < 1.29 is 9.53 Å². The van der Waals surface area contributed by atoms with Crippen LogP contribution in [-0.2, 0) is 9.53 Å². The molecule has 0 aromatic carbocycles. The highest BCUT2D eigenvalue weighted by atomic mass is 16.5. The van der Waals surface area contributed by atoms with Crippen LogP contribution in [0.3, 0.4) is 0 Å². The van der Waals surface area contributed by atoms with Crippen LogP contribution in [0, 0.1) is 5.92 Å². The molecular weight excluding hydrogens is 188 g/mol. The second kappa shape index (κ2) is 3.51. The van der Waals surface area contributed by atoms with Gasteiger partial charge in [-0.3, -0.25) is 4.79 Å². The van der Waals surface area contributed by atoms with Gasteiger partial charge in [0.05, 0.1) is 5.57 Å². The van der Waals surface area contributed by atoms with Crippen molar-refractivity contribution in [1.82, 2.24) is 0 Å². The van der Waals surface area contributed by atoms with Crippen molar-refractivity contribution in [2.75, 3.05) is 0 Å². The van der Waals surface area contributed by atoms with Crippen molar-refractivity contribution in [1.29, 1.82) is 0 Å². The summed E-state index contributed by atoms with van der Waals surface area (Å²) in [5.74, 6) is 1.50. The molecule has 0 amide bonds. The molecule has 0 radical (unpaired) electrons. The fourth-order valence-electron chi connectivity index (χ4n) is 1.98. The summed E-state index contributed by atoms with van der Waals surface area (Å²) in [6.07, 6.45) is 6.39. The van der Waals surface area contributed by atoms with E-state index < -0.39 is 0 Å². The number of Topliss-reactive ketones (excluding diaryl/α,β-unsaturated/α-hetero) is 1. The summed E-state index contributed by atoms with van der Waals surface area (Å²) in [5.41, 5.74) is 0.659. The molecule has 0 bridgehead atoms. The van der Waals surface area contributed by atoms with Crippen LogP contribution in [0.25, 0.3) is 0 Å². The number of ketones is 1. The van der Waals surface area contributed by atoms with Crippen LogP contribution in [0.4, 0.5) is 0 Å². The van der Waals surface area contributed by atoms with Gasteiger partial charge in [-0.15, -0.1) is 0 Å². The first-order valence-electron chi connectivity index (χ1n) is 5.66. The van der Waals surface area contributed by atoms with Crippen LogP contribution in [0.1, 0.15) is 40.0 Å². The number of carbonyl (C=O) groups excluding carboxylic acids is 1. The maximum absolute atomic E-state index is 11.6. The Kier molecular flexibility index (Phi) is 2.45. The summed E-state index contributed by atoms with van der Waals surface area (Å²) in [5, 5.41) is 0. The summed E-state index contributed by atoms with van der Waals surface area (Å²) in [7, 11) is 0. The summed E-state index contributed by atoms with van der Waals surface area (Å²) in [4.78, 5) is 11.6. The van der Waals surface area contributed by atoms with E-state index in [2.05, 4.69) is 26.8 Å². The molecule has 0 aromatic rings. The van der Waals surface area contributed by atoms with Crippen molar-refractivity contribution in [3.8, 4) is 0 Å². The summed E-state index contributed by atoms with van der Waals surface area (Å²) in [6.45, 7) is 6.43. The van der Waals surface area contributed by atoms with Crippen LogP contribution < -0.4 is 0 Å².